The summed E-state index contributed by atoms with van der Waals surface area (Å²) in [6.45, 7) is 5.24. The molecular formula is C30H32N2O4. The number of aliphatic hydroxyl groups is 1. The van der Waals surface area contributed by atoms with Gasteiger partial charge in [0.05, 0.1) is 11.6 Å². The van der Waals surface area contributed by atoms with Gasteiger partial charge in [-0.3, -0.25) is 9.59 Å². The molecule has 6 heteroatoms. The molecule has 3 aromatic carbocycles. The summed E-state index contributed by atoms with van der Waals surface area (Å²) in [6, 6.07) is 22.2. The molecule has 0 radical (unpaired) electrons. The summed E-state index contributed by atoms with van der Waals surface area (Å²) in [5, 5.41) is 11.4. The van der Waals surface area contributed by atoms with Crippen molar-refractivity contribution in [3.05, 3.63) is 106 Å². The highest BCUT2D eigenvalue weighted by Gasteiger charge is 2.46. The first-order chi connectivity index (χ1) is 17.3. The predicted molar refractivity (Wildman–Crippen MR) is 141 cm³/mol. The van der Waals surface area contributed by atoms with E-state index in [2.05, 4.69) is 0 Å². The van der Waals surface area contributed by atoms with Gasteiger partial charge >= 0.3 is 0 Å². The maximum atomic E-state index is 13.2. The summed E-state index contributed by atoms with van der Waals surface area (Å²) < 4.78 is 5.97. The van der Waals surface area contributed by atoms with Gasteiger partial charge < -0.3 is 19.6 Å². The number of rotatable bonds is 8. The zero-order chi connectivity index (χ0) is 25.8. The number of benzene rings is 3. The van der Waals surface area contributed by atoms with E-state index in [1.54, 1.807) is 23.1 Å². The van der Waals surface area contributed by atoms with Crippen LogP contribution >= 0.6 is 0 Å². The molecule has 1 amide bonds. The van der Waals surface area contributed by atoms with E-state index in [-0.39, 0.29) is 11.3 Å². The zero-order valence-corrected chi connectivity index (χ0v) is 21.2. The van der Waals surface area contributed by atoms with Crippen molar-refractivity contribution in [2.45, 2.75) is 26.5 Å². The highest BCUT2D eigenvalue weighted by Crippen LogP contribution is 2.40. The van der Waals surface area contributed by atoms with Crippen molar-refractivity contribution in [3.63, 3.8) is 0 Å². The topological polar surface area (TPSA) is 70.1 Å². The van der Waals surface area contributed by atoms with E-state index < -0.39 is 17.7 Å². The standard InChI is InChI=1S/C30H32N2O4/c1-20-10-8-9-13-24(20)27-26(29(34)30(35)32(27)17-16-31(3)4)28(33)23-14-15-25(21(2)18-23)36-19-22-11-6-5-7-12-22/h5-15,18,27,33H,16-17,19H2,1-4H3/b28-26+. The molecule has 1 N–H and O–H groups in total. The second-order valence-electron chi connectivity index (χ2n) is 9.41. The molecule has 1 fully saturated rings. The number of amides is 1. The van der Waals surface area contributed by atoms with Crippen LogP contribution in [-0.2, 0) is 16.2 Å². The van der Waals surface area contributed by atoms with Gasteiger partial charge in [-0.15, -0.1) is 0 Å². The maximum absolute atomic E-state index is 13.2. The summed E-state index contributed by atoms with van der Waals surface area (Å²) in [5.41, 5.74) is 4.25. The summed E-state index contributed by atoms with van der Waals surface area (Å²) in [7, 11) is 3.84. The molecule has 6 nitrogen and oxygen atoms in total. The van der Waals surface area contributed by atoms with E-state index in [0.29, 0.717) is 31.0 Å². The van der Waals surface area contributed by atoms with Gasteiger partial charge in [-0.2, -0.15) is 0 Å². The van der Waals surface area contributed by atoms with E-state index >= 15 is 0 Å². The van der Waals surface area contributed by atoms with Crippen molar-refractivity contribution in [2.75, 3.05) is 27.2 Å². The van der Waals surface area contributed by atoms with Gasteiger partial charge in [0.25, 0.3) is 11.7 Å². The van der Waals surface area contributed by atoms with Crippen LogP contribution in [0.3, 0.4) is 0 Å². The largest absolute Gasteiger partial charge is 0.507 e. The van der Waals surface area contributed by atoms with E-state index in [1.807, 2.05) is 87.4 Å². The fourth-order valence-corrected chi connectivity index (χ4v) is 4.48. The molecule has 1 heterocycles. The third-order valence-corrected chi connectivity index (χ3v) is 6.50. The Morgan fingerprint density at radius 1 is 0.944 bits per heavy atom. The Morgan fingerprint density at radius 3 is 2.31 bits per heavy atom. The molecule has 0 spiro atoms. The van der Waals surface area contributed by atoms with Gasteiger partial charge in [0.2, 0.25) is 0 Å². The molecule has 1 saturated heterocycles. The number of hydrogen-bond donors (Lipinski definition) is 1. The molecule has 0 bridgehead atoms. The van der Waals surface area contributed by atoms with E-state index in [9.17, 15) is 14.7 Å². The third kappa shape index (κ3) is 5.19. The van der Waals surface area contributed by atoms with Crippen molar-refractivity contribution < 1.29 is 19.4 Å². The second-order valence-corrected chi connectivity index (χ2v) is 9.41. The van der Waals surface area contributed by atoms with Crippen LogP contribution < -0.4 is 4.74 Å². The summed E-state index contributed by atoms with van der Waals surface area (Å²) in [5.74, 6) is -0.739. The molecule has 1 atom stereocenters. The van der Waals surface area contributed by atoms with E-state index in [1.165, 1.54) is 0 Å². The number of carbonyl (C=O) groups is 2. The maximum Gasteiger partial charge on any atom is 0.295 e. The Morgan fingerprint density at radius 2 is 1.64 bits per heavy atom. The monoisotopic (exact) mass is 484 g/mol. The molecule has 186 valence electrons. The summed E-state index contributed by atoms with van der Waals surface area (Å²) in [6.07, 6.45) is 0. The summed E-state index contributed by atoms with van der Waals surface area (Å²) in [4.78, 5) is 29.9. The van der Waals surface area contributed by atoms with Gasteiger partial charge in [0.15, 0.2) is 0 Å². The van der Waals surface area contributed by atoms with Gasteiger partial charge in [0, 0.05) is 18.7 Å². The molecule has 0 aliphatic carbocycles. The number of carbonyl (C=O) groups excluding carboxylic acids is 2. The smallest absolute Gasteiger partial charge is 0.295 e. The van der Waals surface area contributed by atoms with E-state index in [0.717, 1.165) is 22.3 Å². The fraction of sp³-hybridized carbons (Fsp3) is 0.267. The molecule has 3 aromatic rings. The van der Waals surface area contributed by atoms with Crippen LogP contribution in [0.4, 0.5) is 0 Å². The Balaban J connectivity index is 1.71. The normalized spacial score (nSPS) is 17.1. The van der Waals surface area contributed by atoms with Crippen LogP contribution in [0.1, 0.15) is 33.9 Å². The number of hydrogen-bond acceptors (Lipinski definition) is 5. The average Bonchev–Trinajstić information content (AvgIpc) is 3.11. The number of Topliss-reactive ketones (excluding diaryl/α,β-unsaturated/α-hetero) is 1. The Bertz CT molecular complexity index is 1300. The first-order valence-electron chi connectivity index (χ1n) is 12.0. The molecule has 0 saturated carbocycles. The lowest BCUT2D eigenvalue weighted by atomic mass is 9.92. The van der Waals surface area contributed by atoms with Crippen LogP contribution in [0.15, 0.2) is 78.4 Å². The third-order valence-electron chi connectivity index (χ3n) is 6.50. The van der Waals surface area contributed by atoms with Gasteiger partial charge in [-0.25, -0.2) is 0 Å². The van der Waals surface area contributed by atoms with Gasteiger partial charge in [-0.1, -0.05) is 54.6 Å². The minimum absolute atomic E-state index is 0.116. The molecule has 36 heavy (non-hydrogen) atoms. The minimum Gasteiger partial charge on any atom is -0.507 e. The molecule has 4 rings (SSSR count). The van der Waals surface area contributed by atoms with Crippen LogP contribution in [-0.4, -0.2) is 53.8 Å². The van der Waals surface area contributed by atoms with Crippen LogP contribution in [0, 0.1) is 13.8 Å². The molecule has 1 unspecified atom stereocenters. The number of likely N-dealkylation sites (tertiary alicyclic amines) is 1. The predicted octanol–water partition coefficient (Wildman–Crippen LogP) is 4.87. The van der Waals surface area contributed by atoms with Gasteiger partial charge in [-0.05, 0) is 68.4 Å². The lowest BCUT2D eigenvalue weighted by Gasteiger charge is -2.27. The van der Waals surface area contributed by atoms with Gasteiger partial charge in [0.1, 0.15) is 18.1 Å². The van der Waals surface area contributed by atoms with Crippen LogP contribution in [0.2, 0.25) is 0 Å². The van der Waals surface area contributed by atoms with Crippen molar-refractivity contribution in [2.24, 2.45) is 0 Å². The van der Waals surface area contributed by atoms with E-state index in [4.69, 9.17) is 4.74 Å². The lowest BCUT2D eigenvalue weighted by molar-refractivity contribution is -0.140. The summed E-state index contributed by atoms with van der Waals surface area (Å²) >= 11 is 0. The van der Waals surface area contributed by atoms with Crippen LogP contribution in [0.5, 0.6) is 5.75 Å². The molecule has 1 aliphatic rings. The number of ether oxygens (including phenoxy) is 1. The first kappa shape index (κ1) is 25.2. The highest BCUT2D eigenvalue weighted by atomic mass is 16.5. The number of aryl methyl sites for hydroxylation is 2. The number of ketones is 1. The number of aliphatic hydroxyl groups excluding tert-OH is 1. The van der Waals surface area contributed by atoms with Crippen molar-refractivity contribution >= 4 is 17.4 Å². The van der Waals surface area contributed by atoms with Crippen molar-refractivity contribution in [3.8, 4) is 5.75 Å². The minimum atomic E-state index is -0.665. The Labute approximate surface area is 212 Å². The quantitative estimate of drug-likeness (QED) is 0.281. The average molecular weight is 485 g/mol. The first-order valence-corrected chi connectivity index (χ1v) is 12.0. The molecule has 0 aromatic heterocycles. The molecular weight excluding hydrogens is 452 g/mol. The SMILES string of the molecule is Cc1cc(/C(O)=C2\C(=O)C(=O)N(CCN(C)C)C2c2ccccc2C)ccc1OCc1ccccc1. The Kier molecular flexibility index (Phi) is 7.55. The zero-order valence-electron chi connectivity index (χ0n) is 21.2. The van der Waals surface area contributed by atoms with Crippen LogP contribution in [0.25, 0.3) is 5.76 Å². The number of likely N-dealkylation sites (N-methyl/N-ethyl adjacent to an activating group) is 1. The highest BCUT2D eigenvalue weighted by molar-refractivity contribution is 6.46. The molecule has 1 aliphatic heterocycles. The second kappa shape index (κ2) is 10.8. The van der Waals surface area contributed by atoms with Crippen molar-refractivity contribution in [1.82, 2.24) is 9.80 Å². The Hall–Kier alpha value is -3.90. The number of nitrogens with zero attached hydrogens (tertiary/aromatic N) is 2. The van der Waals surface area contributed by atoms with Crippen molar-refractivity contribution in [1.29, 1.82) is 0 Å². The fourth-order valence-electron chi connectivity index (χ4n) is 4.48. The lowest BCUT2D eigenvalue weighted by Crippen LogP contribution is -2.35.